The molecule has 0 aromatic heterocycles. The van der Waals surface area contributed by atoms with Gasteiger partial charge in [0.1, 0.15) is 11.4 Å². The molecule has 0 aliphatic carbocycles. The van der Waals surface area contributed by atoms with E-state index < -0.39 is 11.4 Å². The summed E-state index contributed by atoms with van der Waals surface area (Å²) in [7, 11) is 0. The zero-order chi connectivity index (χ0) is 19.8. The van der Waals surface area contributed by atoms with Gasteiger partial charge in [0.25, 0.3) is 0 Å². The van der Waals surface area contributed by atoms with Crippen molar-refractivity contribution in [1.82, 2.24) is 15.1 Å². The SMILES string of the molecule is [C-]#[N+]c1c(F)ccc([C@@H]2CN3CCNC[C@@H]3CN2C(=O)OC(C)(C)C)c1C. The summed E-state index contributed by atoms with van der Waals surface area (Å²) in [4.78, 5) is 20.4. The minimum absolute atomic E-state index is 0.0269. The summed E-state index contributed by atoms with van der Waals surface area (Å²) in [5.74, 6) is -0.522. The predicted molar refractivity (Wildman–Crippen MR) is 101 cm³/mol. The molecule has 1 aromatic carbocycles. The maximum atomic E-state index is 14.0. The molecule has 0 spiro atoms. The average Bonchev–Trinajstić information content (AvgIpc) is 2.60. The molecule has 2 fully saturated rings. The summed E-state index contributed by atoms with van der Waals surface area (Å²) in [5.41, 5.74) is 0.838. The predicted octanol–water partition coefficient (Wildman–Crippen LogP) is 3.25. The topological polar surface area (TPSA) is 49.2 Å². The highest BCUT2D eigenvalue weighted by atomic mass is 19.1. The van der Waals surface area contributed by atoms with Gasteiger partial charge in [0, 0.05) is 38.8 Å². The van der Waals surface area contributed by atoms with Crippen LogP contribution in [0.3, 0.4) is 0 Å². The fourth-order valence-electron chi connectivity index (χ4n) is 3.87. The van der Waals surface area contributed by atoms with Crippen molar-refractivity contribution in [2.75, 3.05) is 32.7 Å². The zero-order valence-corrected chi connectivity index (χ0v) is 16.4. The summed E-state index contributed by atoms with van der Waals surface area (Å²) >= 11 is 0. The Hall–Kier alpha value is -2.17. The number of amides is 1. The number of halogens is 1. The normalized spacial score (nSPS) is 23.5. The lowest BCUT2D eigenvalue weighted by atomic mass is 9.94. The van der Waals surface area contributed by atoms with Gasteiger partial charge in [0.05, 0.1) is 12.6 Å². The van der Waals surface area contributed by atoms with Crippen LogP contribution >= 0.6 is 0 Å². The maximum Gasteiger partial charge on any atom is 0.410 e. The molecule has 2 atom stereocenters. The lowest BCUT2D eigenvalue weighted by molar-refractivity contribution is -0.0212. The van der Waals surface area contributed by atoms with Gasteiger partial charge in [-0.2, -0.15) is 0 Å². The van der Waals surface area contributed by atoms with Gasteiger partial charge in [-0.05, 0) is 44.9 Å². The fourth-order valence-corrected chi connectivity index (χ4v) is 3.87. The third kappa shape index (κ3) is 4.07. The first-order valence-corrected chi connectivity index (χ1v) is 9.32. The lowest BCUT2D eigenvalue weighted by Gasteiger charge is -2.48. The van der Waals surface area contributed by atoms with Crippen molar-refractivity contribution < 1.29 is 13.9 Å². The van der Waals surface area contributed by atoms with Crippen molar-refractivity contribution in [2.45, 2.75) is 45.4 Å². The van der Waals surface area contributed by atoms with E-state index in [-0.39, 0.29) is 23.9 Å². The Balaban J connectivity index is 1.98. The van der Waals surface area contributed by atoms with E-state index in [1.54, 1.807) is 17.9 Å². The van der Waals surface area contributed by atoms with Gasteiger partial charge in [0.15, 0.2) is 0 Å². The summed E-state index contributed by atoms with van der Waals surface area (Å²) < 4.78 is 19.6. The van der Waals surface area contributed by atoms with Crippen LogP contribution in [0.1, 0.15) is 37.9 Å². The van der Waals surface area contributed by atoms with Crippen molar-refractivity contribution in [2.24, 2.45) is 0 Å². The Bertz CT molecular complexity index is 768. The first-order chi connectivity index (χ1) is 12.7. The molecular formula is C20H27FN4O2. The van der Waals surface area contributed by atoms with E-state index in [9.17, 15) is 9.18 Å². The minimum Gasteiger partial charge on any atom is -0.444 e. The van der Waals surface area contributed by atoms with Crippen molar-refractivity contribution in [3.63, 3.8) is 0 Å². The standard InChI is InChI=1S/C20H27FN4O2/c1-13-15(6-7-16(21)18(13)22-5)17-12-24-9-8-23-10-14(24)11-25(17)19(26)27-20(2,3)4/h6-7,14,17,23H,8-12H2,1-4H3/t14-,17+/m1/s1. The second-order valence-electron chi connectivity index (χ2n) is 8.22. The second-order valence-corrected chi connectivity index (χ2v) is 8.22. The molecular weight excluding hydrogens is 347 g/mol. The average molecular weight is 374 g/mol. The molecule has 0 radical (unpaired) electrons. The molecule has 2 saturated heterocycles. The van der Waals surface area contributed by atoms with Crippen LogP contribution in [0.25, 0.3) is 4.85 Å². The maximum absolute atomic E-state index is 14.0. The number of benzene rings is 1. The first kappa shape index (κ1) is 19.6. The van der Waals surface area contributed by atoms with Gasteiger partial charge in [0.2, 0.25) is 5.69 Å². The number of nitrogens with zero attached hydrogens (tertiary/aromatic N) is 3. The largest absolute Gasteiger partial charge is 0.444 e. The zero-order valence-electron chi connectivity index (χ0n) is 16.4. The van der Waals surface area contributed by atoms with Gasteiger partial charge >= 0.3 is 6.09 Å². The molecule has 2 heterocycles. The van der Waals surface area contributed by atoms with Crippen LogP contribution in [0.5, 0.6) is 0 Å². The number of hydrogen-bond acceptors (Lipinski definition) is 4. The molecule has 2 aliphatic rings. The quantitative estimate of drug-likeness (QED) is 0.767. The first-order valence-electron chi connectivity index (χ1n) is 9.32. The van der Waals surface area contributed by atoms with Crippen LogP contribution in [0.15, 0.2) is 12.1 Å². The van der Waals surface area contributed by atoms with Gasteiger partial charge in [-0.15, -0.1) is 0 Å². The number of hydrogen-bond donors (Lipinski definition) is 1. The summed E-state index contributed by atoms with van der Waals surface area (Å²) in [6, 6.07) is 2.98. The summed E-state index contributed by atoms with van der Waals surface area (Å²) in [5, 5.41) is 3.37. The van der Waals surface area contributed by atoms with E-state index in [4.69, 9.17) is 11.3 Å². The monoisotopic (exact) mass is 374 g/mol. The number of carbonyl (C=O) groups is 1. The number of rotatable bonds is 1. The van der Waals surface area contributed by atoms with E-state index in [1.165, 1.54) is 6.07 Å². The Morgan fingerprint density at radius 3 is 2.78 bits per heavy atom. The van der Waals surface area contributed by atoms with E-state index in [0.717, 1.165) is 25.2 Å². The number of ether oxygens (including phenoxy) is 1. The Morgan fingerprint density at radius 2 is 2.11 bits per heavy atom. The number of fused-ring (bicyclic) bond motifs is 1. The van der Waals surface area contributed by atoms with Crippen molar-refractivity contribution in [3.05, 3.63) is 40.5 Å². The molecule has 0 saturated carbocycles. The molecule has 1 aromatic rings. The van der Waals surface area contributed by atoms with Crippen LogP contribution in [0, 0.1) is 19.3 Å². The Morgan fingerprint density at radius 1 is 1.37 bits per heavy atom. The molecule has 146 valence electrons. The van der Waals surface area contributed by atoms with Crippen LogP contribution in [-0.2, 0) is 4.74 Å². The van der Waals surface area contributed by atoms with Crippen LogP contribution < -0.4 is 5.32 Å². The van der Waals surface area contributed by atoms with Gasteiger partial charge in [-0.25, -0.2) is 14.0 Å². The van der Waals surface area contributed by atoms with Crippen LogP contribution in [0.2, 0.25) is 0 Å². The number of nitrogens with one attached hydrogen (secondary N) is 1. The van der Waals surface area contributed by atoms with Gasteiger partial charge in [-0.3, -0.25) is 9.80 Å². The van der Waals surface area contributed by atoms with Crippen LogP contribution in [0.4, 0.5) is 14.9 Å². The number of piperazine rings is 2. The molecule has 1 N–H and O–H groups in total. The molecule has 6 nitrogen and oxygen atoms in total. The minimum atomic E-state index is -0.594. The third-order valence-corrected chi connectivity index (χ3v) is 5.19. The molecule has 1 amide bonds. The molecule has 27 heavy (non-hydrogen) atoms. The van der Waals surface area contributed by atoms with Crippen molar-refractivity contribution in [1.29, 1.82) is 0 Å². The fraction of sp³-hybridized carbons (Fsp3) is 0.600. The van der Waals surface area contributed by atoms with E-state index in [0.29, 0.717) is 18.7 Å². The van der Waals surface area contributed by atoms with Crippen molar-refractivity contribution >= 4 is 11.8 Å². The third-order valence-electron chi connectivity index (χ3n) is 5.19. The van der Waals surface area contributed by atoms with Gasteiger partial charge < -0.3 is 10.1 Å². The highest BCUT2D eigenvalue weighted by molar-refractivity contribution is 5.70. The Kier molecular flexibility index (Phi) is 5.41. The smallest absolute Gasteiger partial charge is 0.410 e. The van der Waals surface area contributed by atoms with Crippen LogP contribution in [-0.4, -0.2) is 60.3 Å². The second kappa shape index (κ2) is 7.45. The Labute approximate surface area is 160 Å². The van der Waals surface area contributed by atoms with E-state index in [2.05, 4.69) is 15.1 Å². The summed E-state index contributed by atoms with van der Waals surface area (Å²) in [6.45, 7) is 18.4. The number of carbonyl (C=O) groups excluding carboxylic acids is 1. The van der Waals surface area contributed by atoms with Crippen molar-refractivity contribution in [3.8, 4) is 0 Å². The molecule has 0 unspecified atom stereocenters. The molecule has 0 bridgehead atoms. The molecule has 7 heteroatoms. The highest BCUT2D eigenvalue weighted by Crippen LogP contribution is 2.36. The van der Waals surface area contributed by atoms with E-state index >= 15 is 0 Å². The lowest BCUT2D eigenvalue weighted by Crippen LogP contribution is -2.63. The van der Waals surface area contributed by atoms with E-state index in [1.807, 2.05) is 20.8 Å². The molecule has 2 aliphatic heterocycles. The highest BCUT2D eigenvalue weighted by Gasteiger charge is 2.40. The molecule has 3 rings (SSSR count). The summed E-state index contributed by atoms with van der Waals surface area (Å²) in [6.07, 6.45) is -0.370. The van der Waals surface area contributed by atoms with Gasteiger partial charge in [-0.1, -0.05) is 6.07 Å².